The van der Waals surface area contributed by atoms with Crippen LogP contribution < -0.4 is 5.32 Å². The molecular formula is C14H23N5O. The fourth-order valence-electron chi connectivity index (χ4n) is 3.05. The minimum absolute atomic E-state index is 0.0693. The number of rotatable bonds is 3. The van der Waals surface area contributed by atoms with Crippen molar-refractivity contribution in [2.75, 3.05) is 32.7 Å². The number of aromatic nitrogens is 2. The lowest BCUT2D eigenvalue weighted by Crippen LogP contribution is -2.52. The number of nitrogens with one attached hydrogen (secondary N) is 1. The molecule has 20 heavy (non-hydrogen) atoms. The lowest BCUT2D eigenvalue weighted by molar-refractivity contribution is -0.134. The van der Waals surface area contributed by atoms with Crippen molar-refractivity contribution in [1.29, 1.82) is 0 Å². The van der Waals surface area contributed by atoms with Crippen LogP contribution in [0.2, 0.25) is 0 Å². The molecule has 0 bridgehead atoms. The van der Waals surface area contributed by atoms with E-state index in [1.807, 2.05) is 22.8 Å². The molecule has 2 fully saturated rings. The first kappa shape index (κ1) is 13.6. The molecule has 1 aromatic rings. The van der Waals surface area contributed by atoms with Crippen molar-refractivity contribution in [3.05, 3.63) is 18.0 Å². The van der Waals surface area contributed by atoms with Crippen LogP contribution in [0, 0.1) is 0 Å². The normalized spacial score (nSPS) is 24.2. The Kier molecular flexibility index (Phi) is 4.03. The van der Waals surface area contributed by atoms with Crippen molar-refractivity contribution in [2.45, 2.75) is 25.4 Å². The van der Waals surface area contributed by atoms with Crippen molar-refractivity contribution in [3.8, 4) is 0 Å². The second-order valence-electron chi connectivity index (χ2n) is 5.77. The number of carbonyl (C=O) groups is 1. The summed E-state index contributed by atoms with van der Waals surface area (Å²) in [4.78, 5) is 16.7. The van der Waals surface area contributed by atoms with Crippen LogP contribution in [-0.2, 0) is 18.4 Å². The molecular weight excluding hydrogens is 254 g/mol. The summed E-state index contributed by atoms with van der Waals surface area (Å²) in [6.07, 6.45) is 6.09. The van der Waals surface area contributed by atoms with Gasteiger partial charge in [-0.3, -0.25) is 14.4 Å². The molecule has 0 radical (unpaired) electrons. The van der Waals surface area contributed by atoms with Gasteiger partial charge in [-0.25, -0.2) is 0 Å². The fraction of sp³-hybridized carbons (Fsp3) is 0.714. The first-order chi connectivity index (χ1) is 9.72. The first-order valence-electron chi connectivity index (χ1n) is 7.44. The minimum atomic E-state index is 0.0693. The first-order valence-corrected chi connectivity index (χ1v) is 7.44. The van der Waals surface area contributed by atoms with E-state index in [0.29, 0.717) is 5.91 Å². The van der Waals surface area contributed by atoms with Gasteiger partial charge in [0, 0.05) is 51.5 Å². The average Bonchev–Trinajstić information content (AvgIpc) is 3.11. The summed E-state index contributed by atoms with van der Waals surface area (Å²) in [6.45, 7) is 5.50. The molecule has 2 aliphatic heterocycles. The number of hydrogen-bond acceptors (Lipinski definition) is 4. The van der Waals surface area contributed by atoms with Crippen LogP contribution in [0.5, 0.6) is 0 Å². The van der Waals surface area contributed by atoms with Crippen molar-refractivity contribution >= 4 is 5.91 Å². The van der Waals surface area contributed by atoms with Gasteiger partial charge in [0.15, 0.2) is 0 Å². The lowest BCUT2D eigenvalue weighted by atomic mass is 10.2. The van der Waals surface area contributed by atoms with Gasteiger partial charge in [-0.05, 0) is 19.4 Å². The minimum Gasteiger partial charge on any atom is -0.339 e. The zero-order valence-electron chi connectivity index (χ0n) is 12.1. The van der Waals surface area contributed by atoms with Crippen LogP contribution in [0.4, 0.5) is 0 Å². The third-order valence-corrected chi connectivity index (χ3v) is 4.21. The Morgan fingerprint density at radius 1 is 1.40 bits per heavy atom. The maximum absolute atomic E-state index is 12.3. The van der Waals surface area contributed by atoms with Crippen LogP contribution in [0.1, 0.15) is 18.4 Å². The molecule has 3 rings (SSSR count). The third-order valence-electron chi connectivity index (χ3n) is 4.21. The summed E-state index contributed by atoms with van der Waals surface area (Å²) in [6, 6.07) is 0.0693. The molecule has 0 saturated carbocycles. The third kappa shape index (κ3) is 3.02. The van der Waals surface area contributed by atoms with Gasteiger partial charge >= 0.3 is 0 Å². The predicted octanol–water partition coefficient (Wildman–Crippen LogP) is -0.184. The number of hydrogen-bond donors (Lipinski definition) is 1. The molecule has 1 atom stereocenters. The highest BCUT2D eigenvalue weighted by atomic mass is 16.2. The summed E-state index contributed by atoms with van der Waals surface area (Å²) < 4.78 is 1.83. The summed E-state index contributed by atoms with van der Waals surface area (Å²) in [7, 11) is 1.94. The van der Waals surface area contributed by atoms with Crippen molar-refractivity contribution in [1.82, 2.24) is 24.9 Å². The van der Waals surface area contributed by atoms with Gasteiger partial charge < -0.3 is 10.2 Å². The standard InChI is InChI=1S/C14H23N5O/c1-17-10-12(9-16-17)11-18-5-7-19(8-6-18)14(20)13-3-2-4-15-13/h9-10,13,15H,2-8,11H2,1H3. The van der Waals surface area contributed by atoms with Crippen LogP contribution in [-0.4, -0.2) is 64.3 Å². The molecule has 2 aliphatic rings. The van der Waals surface area contributed by atoms with Gasteiger partial charge in [-0.1, -0.05) is 0 Å². The lowest BCUT2D eigenvalue weighted by Gasteiger charge is -2.35. The van der Waals surface area contributed by atoms with Gasteiger partial charge in [-0.15, -0.1) is 0 Å². The molecule has 2 saturated heterocycles. The molecule has 0 spiro atoms. The molecule has 1 N–H and O–H groups in total. The summed E-state index contributed by atoms with van der Waals surface area (Å²) in [5.74, 6) is 0.295. The number of amides is 1. The van der Waals surface area contributed by atoms with Crippen molar-refractivity contribution in [2.24, 2.45) is 7.05 Å². The molecule has 3 heterocycles. The topological polar surface area (TPSA) is 53.4 Å². The van der Waals surface area contributed by atoms with Crippen LogP contribution >= 0.6 is 0 Å². The van der Waals surface area contributed by atoms with Gasteiger partial charge in [0.2, 0.25) is 5.91 Å². The van der Waals surface area contributed by atoms with Gasteiger partial charge in [-0.2, -0.15) is 5.10 Å². The largest absolute Gasteiger partial charge is 0.339 e. The van der Waals surface area contributed by atoms with Gasteiger partial charge in [0.1, 0.15) is 0 Å². The Hall–Kier alpha value is -1.40. The number of aryl methyl sites for hydroxylation is 1. The molecule has 1 amide bonds. The molecule has 1 unspecified atom stereocenters. The quantitative estimate of drug-likeness (QED) is 0.832. The molecule has 6 nitrogen and oxygen atoms in total. The van der Waals surface area contributed by atoms with E-state index in [9.17, 15) is 4.79 Å². The highest BCUT2D eigenvalue weighted by Crippen LogP contribution is 2.12. The van der Waals surface area contributed by atoms with E-state index in [0.717, 1.165) is 52.1 Å². The van der Waals surface area contributed by atoms with Gasteiger partial charge in [0.25, 0.3) is 0 Å². The molecule has 0 aromatic carbocycles. The van der Waals surface area contributed by atoms with Crippen LogP contribution in [0.15, 0.2) is 12.4 Å². The number of carbonyl (C=O) groups excluding carboxylic acids is 1. The zero-order chi connectivity index (χ0) is 13.9. The zero-order valence-corrected chi connectivity index (χ0v) is 12.1. The molecule has 1 aromatic heterocycles. The Morgan fingerprint density at radius 3 is 2.80 bits per heavy atom. The summed E-state index contributed by atoms with van der Waals surface area (Å²) in [5.41, 5.74) is 1.24. The summed E-state index contributed by atoms with van der Waals surface area (Å²) in [5, 5.41) is 7.49. The van der Waals surface area contributed by atoms with Crippen molar-refractivity contribution in [3.63, 3.8) is 0 Å². The van der Waals surface area contributed by atoms with E-state index in [1.54, 1.807) is 0 Å². The van der Waals surface area contributed by atoms with E-state index < -0.39 is 0 Å². The van der Waals surface area contributed by atoms with E-state index in [-0.39, 0.29) is 6.04 Å². The predicted molar refractivity (Wildman–Crippen MR) is 76.1 cm³/mol. The second-order valence-corrected chi connectivity index (χ2v) is 5.77. The summed E-state index contributed by atoms with van der Waals surface area (Å²) >= 11 is 0. The Labute approximate surface area is 119 Å². The van der Waals surface area contributed by atoms with Crippen LogP contribution in [0.3, 0.4) is 0 Å². The second kappa shape index (κ2) is 5.93. The number of piperazine rings is 1. The SMILES string of the molecule is Cn1cc(CN2CCN(C(=O)C3CCCN3)CC2)cn1. The highest BCUT2D eigenvalue weighted by Gasteiger charge is 2.29. The molecule has 110 valence electrons. The van der Waals surface area contributed by atoms with E-state index in [1.165, 1.54) is 5.56 Å². The van der Waals surface area contributed by atoms with Crippen molar-refractivity contribution < 1.29 is 4.79 Å². The smallest absolute Gasteiger partial charge is 0.239 e. The monoisotopic (exact) mass is 277 g/mol. The Morgan fingerprint density at radius 2 is 2.20 bits per heavy atom. The molecule has 6 heteroatoms. The van der Waals surface area contributed by atoms with E-state index >= 15 is 0 Å². The highest BCUT2D eigenvalue weighted by molar-refractivity contribution is 5.82. The van der Waals surface area contributed by atoms with Crippen LogP contribution in [0.25, 0.3) is 0 Å². The Bertz CT molecular complexity index is 458. The number of nitrogens with zero attached hydrogens (tertiary/aromatic N) is 4. The maximum atomic E-state index is 12.3. The van der Waals surface area contributed by atoms with Gasteiger partial charge in [0.05, 0.1) is 12.2 Å². The van der Waals surface area contributed by atoms with E-state index in [4.69, 9.17) is 0 Å². The maximum Gasteiger partial charge on any atom is 0.239 e. The van der Waals surface area contributed by atoms with E-state index in [2.05, 4.69) is 21.5 Å². The Balaban J connectivity index is 1.48. The average molecular weight is 277 g/mol. The molecule has 0 aliphatic carbocycles. The fourth-order valence-corrected chi connectivity index (χ4v) is 3.05.